The second-order valence-electron chi connectivity index (χ2n) is 6.12. The van der Waals surface area contributed by atoms with E-state index < -0.39 is 0 Å². The van der Waals surface area contributed by atoms with Gasteiger partial charge < -0.3 is 9.47 Å². The zero-order valence-electron chi connectivity index (χ0n) is 12.6. The van der Waals surface area contributed by atoms with Gasteiger partial charge in [0.15, 0.2) is 11.5 Å². The average molecular weight is 303 g/mol. The van der Waals surface area contributed by atoms with E-state index in [9.17, 15) is 0 Å². The van der Waals surface area contributed by atoms with Crippen LogP contribution in [0.1, 0.15) is 30.5 Å². The Balaban J connectivity index is 1.92. The fourth-order valence-electron chi connectivity index (χ4n) is 2.70. The van der Waals surface area contributed by atoms with Gasteiger partial charge in [0.2, 0.25) is 0 Å². The number of ether oxygens (including phenoxy) is 2. The van der Waals surface area contributed by atoms with Gasteiger partial charge in [-0.1, -0.05) is 24.3 Å². The summed E-state index contributed by atoms with van der Waals surface area (Å²) in [6.45, 7) is 6.22. The summed E-state index contributed by atoms with van der Waals surface area (Å²) >= 11 is 5.86. The molecule has 3 heteroatoms. The zero-order valence-corrected chi connectivity index (χ0v) is 13.3. The molecule has 3 rings (SSSR count). The minimum atomic E-state index is -0.167. The van der Waals surface area contributed by atoms with Crippen LogP contribution < -0.4 is 9.47 Å². The normalized spacial score (nSPS) is 15.4. The van der Waals surface area contributed by atoms with E-state index in [4.69, 9.17) is 21.1 Å². The Hall–Kier alpha value is -1.67. The van der Waals surface area contributed by atoms with Gasteiger partial charge >= 0.3 is 0 Å². The summed E-state index contributed by atoms with van der Waals surface area (Å²) in [5.41, 5.74) is 3.20. The highest BCUT2D eigenvalue weighted by Gasteiger charge is 2.32. The SMILES string of the molecule is Cc1cc(CCl)ccc1Oc1cccc2c1OC(C)(C)C2. The van der Waals surface area contributed by atoms with Crippen molar-refractivity contribution in [3.8, 4) is 17.2 Å². The van der Waals surface area contributed by atoms with Crippen LogP contribution in [0.5, 0.6) is 17.2 Å². The number of benzene rings is 2. The van der Waals surface area contributed by atoms with Crippen molar-refractivity contribution in [2.45, 2.75) is 38.7 Å². The summed E-state index contributed by atoms with van der Waals surface area (Å²) in [5.74, 6) is 2.99. The quantitative estimate of drug-likeness (QED) is 0.722. The summed E-state index contributed by atoms with van der Waals surface area (Å²) in [6, 6.07) is 12.1. The Labute approximate surface area is 130 Å². The largest absolute Gasteiger partial charge is 0.483 e. The second kappa shape index (κ2) is 5.27. The van der Waals surface area contributed by atoms with Crippen LogP contribution in [0.4, 0.5) is 0 Å². The standard InChI is InChI=1S/C18H19ClO2/c1-12-9-13(11-19)7-8-15(12)20-16-6-4-5-14-10-18(2,3)21-17(14)16/h4-9H,10-11H2,1-3H3. The molecular weight excluding hydrogens is 284 g/mol. The predicted octanol–water partition coefficient (Wildman–Crippen LogP) is 5.24. The summed E-state index contributed by atoms with van der Waals surface area (Å²) in [6.07, 6.45) is 0.906. The molecule has 0 aromatic heterocycles. The van der Waals surface area contributed by atoms with Crippen molar-refractivity contribution in [3.05, 3.63) is 53.1 Å². The molecule has 0 fully saturated rings. The van der Waals surface area contributed by atoms with Gasteiger partial charge in [0.1, 0.15) is 11.4 Å². The van der Waals surface area contributed by atoms with Crippen LogP contribution in [0.25, 0.3) is 0 Å². The lowest BCUT2D eigenvalue weighted by molar-refractivity contribution is 0.135. The van der Waals surface area contributed by atoms with Crippen LogP contribution in [0.2, 0.25) is 0 Å². The maximum atomic E-state index is 6.08. The molecule has 0 spiro atoms. The minimum Gasteiger partial charge on any atom is -0.483 e. The van der Waals surface area contributed by atoms with Crippen LogP contribution in [0.15, 0.2) is 36.4 Å². The number of hydrogen-bond donors (Lipinski definition) is 0. The zero-order chi connectivity index (χ0) is 15.0. The second-order valence-corrected chi connectivity index (χ2v) is 6.39. The van der Waals surface area contributed by atoms with Crippen molar-refractivity contribution in [2.75, 3.05) is 0 Å². The van der Waals surface area contributed by atoms with Crippen LogP contribution >= 0.6 is 11.6 Å². The first-order chi connectivity index (χ1) is 9.98. The van der Waals surface area contributed by atoms with Crippen molar-refractivity contribution in [2.24, 2.45) is 0 Å². The fourth-order valence-corrected chi connectivity index (χ4v) is 2.86. The van der Waals surface area contributed by atoms with Crippen LogP contribution in [0, 0.1) is 6.92 Å². The van der Waals surface area contributed by atoms with Gasteiger partial charge in [-0.15, -0.1) is 11.6 Å². The summed E-state index contributed by atoms with van der Waals surface area (Å²) in [7, 11) is 0. The summed E-state index contributed by atoms with van der Waals surface area (Å²) in [4.78, 5) is 0. The maximum absolute atomic E-state index is 6.08. The van der Waals surface area contributed by atoms with E-state index in [1.54, 1.807) is 0 Å². The Kier molecular flexibility index (Phi) is 3.58. The molecule has 1 aliphatic rings. The number of halogens is 1. The van der Waals surface area contributed by atoms with Crippen molar-refractivity contribution < 1.29 is 9.47 Å². The first-order valence-electron chi connectivity index (χ1n) is 7.13. The number of alkyl halides is 1. The molecule has 0 bridgehead atoms. The van der Waals surface area contributed by atoms with E-state index in [1.165, 1.54) is 5.56 Å². The molecule has 1 aliphatic heterocycles. The molecule has 110 valence electrons. The molecule has 0 atom stereocenters. The average Bonchev–Trinajstić information content (AvgIpc) is 2.76. The molecule has 2 aromatic carbocycles. The van der Waals surface area contributed by atoms with Crippen molar-refractivity contribution in [3.63, 3.8) is 0 Å². The molecule has 0 aliphatic carbocycles. The number of rotatable bonds is 3. The molecule has 0 saturated carbocycles. The predicted molar refractivity (Wildman–Crippen MR) is 85.7 cm³/mol. The monoisotopic (exact) mass is 302 g/mol. The summed E-state index contributed by atoms with van der Waals surface area (Å²) in [5, 5.41) is 0. The summed E-state index contributed by atoms with van der Waals surface area (Å²) < 4.78 is 12.1. The lowest BCUT2D eigenvalue weighted by Crippen LogP contribution is -2.24. The van der Waals surface area contributed by atoms with Gasteiger partial charge in [-0.2, -0.15) is 0 Å². The van der Waals surface area contributed by atoms with Gasteiger partial charge in [0.05, 0.1) is 0 Å². The third-order valence-electron chi connectivity index (χ3n) is 3.67. The Morgan fingerprint density at radius 1 is 1.19 bits per heavy atom. The molecule has 0 saturated heterocycles. The first kappa shape index (κ1) is 14.3. The minimum absolute atomic E-state index is 0.167. The maximum Gasteiger partial charge on any atom is 0.169 e. The molecule has 2 nitrogen and oxygen atoms in total. The Morgan fingerprint density at radius 2 is 2.00 bits per heavy atom. The smallest absolute Gasteiger partial charge is 0.169 e. The van der Waals surface area contributed by atoms with Gasteiger partial charge in [-0.05, 0) is 44.0 Å². The van der Waals surface area contributed by atoms with E-state index >= 15 is 0 Å². The third kappa shape index (κ3) is 2.86. The molecule has 0 unspecified atom stereocenters. The van der Waals surface area contributed by atoms with Gasteiger partial charge in [0.25, 0.3) is 0 Å². The number of hydrogen-bond acceptors (Lipinski definition) is 2. The fraction of sp³-hybridized carbons (Fsp3) is 0.333. The Morgan fingerprint density at radius 3 is 2.71 bits per heavy atom. The highest BCUT2D eigenvalue weighted by Crippen LogP contribution is 2.43. The number of aryl methyl sites for hydroxylation is 1. The topological polar surface area (TPSA) is 18.5 Å². The molecule has 1 heterocycles. The van der Waals surface area contributed by atoms with Gasteiger partial charge in [-0.25, -0.2) is 0 Å². The van der Waals surface area contributed by atoms with E-state index in [2.05, 4.69) is 26.0 Å². The molecular formula is C18H19ClO2. The van der Waals surface area contributed by atoms with Gasteiger partial charge in [-0.3, -0.25) is 0 Å². The molecule has 0 radical (unpaired) electrons. The number of para-hydroxylation sites is 1. The first-order valence-corrected chi connectivity index (χ1v) is 7.66. The van der Waals surface area contributed by atoms with Crippen molar-refractivity contribution >= 4 is 11.6 Å². The van der Waals surface area contributed by atoms with E-state index in [0.717, 1.165) is 34.8 Å². The Bertz CT molecular complexity index is 677. The third-order valence-corrected chi connectivity index (χ3v) is 3.98. The van der Waals surface area contributed by atoms with E-state index in [-0.39, 0.29) is 5.60 Å². The molecule has 21 heavy (non-hydrogen) atoms. The highest BCUT2D eigenvalue weighted by atomic mass is 35.5. The van der Waals surface area contributed by atoms with Crippen molar-refractivity contribution in [1.82, 2.24) is 0 Å². The van der Waals surface area contributed by atoms with Gasteiger partial charge in [0, 0.05) is 17.9 Å². The molecule has 0 amide bonds. The lowest BCUT2D eigenvalue weighted by Gasteiger charge is -2.18. The van der Waals surface area contributed by atoms with Crippen LogP contribution in [-0.4, -0.2) is 5.60 Å². The lowest BCUT2D eigenvalue weighted by atomic mass is 10.0. The van der Waals surface area contributed by atoms with Crippen LogP contribution in [0.3, 0.4) is 0 Å². The van der Waals surface area contributed by atoms with Crippen molar-refractivity contribution in [1.29, 1.82) is 0 Å². The number of fused-ring (bicyclic) bond motifs is 1. The molecule has 0 N–H and O–H groups in total. The van der Waals surface area contributed by atoms with E-state index in [1.807, 2.05) is 31.2 Å². The van der Waals surface area contributed by atoms with E-state index in [0.29, 0.717) is 5.88 Å². The highest BCUT2D eigenvalue weighted by molar-refractivity contribution is 6.17. The van der Waals surface area contributed by atoms with Crippen LogP contribution in [-0.2, 0) is 12.3 Å². The molecule has 2 aromatic rings.